The molecular weight excluding hydrogens is 421 g/mol. The Labute approximate surface area is 182 Å². The lowest BCUT2D eigenvalue weighted by Gasteiger charge is -2.34. The molecule has 1 aliphatic carbocycles. The molecule has 10 heteroatoms. The van der Waals surface area contributed by atoms with Gasteiger partial charge < -0.3 is 10.2 Å². The molecule has 3 aromatic rings. The lowest BCUT2D eigenvalue weighted by atomic mass is 10.0. The first-order valence-electron chi connectivity index (χ1n) is 10.4. The van der Waals surface area contributed by atoms with E-state index in [1.807, 2.05) is 24.0 Å². The molecule has 0 spiro atoms. The van der Waals surface area contributed by atoms with Crippen LogP contribution in [0, 0.1) is 12.8 Å². The molecule has 1 N–H and O–H groups in total. The number of carbonyl (C=O) groups is 1. The molecule has 7 nitrogen and oxygen atoms in total. The molecule has 0 unspecified atom stereocenters. The number of aryl methyl sites for hydroxylation is 1. The van der Waals surface area contributed by atoms with E-state index in [9.17, 15) is 18.0 Å². The van der Waals surface area contributed by atoms with Crippen molar-refractivity contribution >= 4 is 11.7 Å². The summed E-state index contributed by atoms with van der Waals surface area (Å²) >= 11 is 0. The number of aromatic nitrogens is 4. The Hall–Kier alpha value is -3.43. The van der Waals surface area contributed by atoms with Gasteiger partial charge in [0.25, 0.3) is 5.91 Å². The second-order valence-corrected chi connectivity index (χ2v) is 8.38. The highest BCUT2D eigenvalue weighted by atomic mass is 19.4. The Morgan fingerprint density at radius 2 is 1.91 bits per heavy atom. The first-order chi connectivity index (χ1) is 15.3. The van der Waals surface area contributed by atoms with Gasteiger partial charge in [-0.3, -0.25) is 4.79 Å². The Morgan fingerprint density at radius 1 is 1.12 bits per heavy atom. The fourth-order valence-corrected chi connectivity index (χ4v) is 4.73. The molecule has 1 aromatic carbocycles. The van der Waals surface area contributed by atoms with Crippen molar-refractivity contribution in [1.29, 1.82) is 0 Å². The van der Waals surface area contributed by atoms with Crippen molar-refractivity contribution in [3.8, 4) is 5.69 Å². The Kier molecular flexibility index (Phi) is 4.87. The number of halogens is 3. The Balaban J connectivity index is 1.36. The highest BCUT2D eigenvalue weighted by Crippen LogP contribution is 2.40. The van der Waals surface area contributed by atoms with Crippen molar-refractivity contribution < 1.29 is 18.0 Å². The molecule has 2 bridgehead atoms. The normalized spacial score (nSPS) is 22.4. The predicted octanol–water partition coefficient (Wildman–Crippen LogP) is 3.70. The van der Waals surface area contributed by atoms with Gasteiger partial charge in [0, 0.05) is 18.8 Å². The van der Waals surface area contributed by atoms with Crippen molar-refractivity contribution in [2.24, 2.45) is 5.92 Å². The van der Waals surface area contributed by atoms with Crippen LogP contribution in [0.1, 0.15) is 34.3 Å². The third-order valence-electron chi connectivity index (χ3n) is 6.18. The van der Waals surface area contributed by atoms with E-state index in [-0.39, 0.29) is 18.0 Å². The number of rotatable bonds is 4. The first-order valence-corrected chi connectivity index (χ1v) is 10.4. The summed E-state index contributed by atoms with van der Waals surface area (Å²) in [6, 6.07) is 7.78. The molecule has 3 heterocycles. The number of hydrogen-bond donors (Lipinski definition) is 1. The van der Waals surface area contributed by atoms with Crippen molar-refractivity contribution in [2.75, 3.05) is 11.9 Å². The number of nitrogens with one attached hydrogen (secondary N) is 1. The molecule has 1 aliphatic heterocycles. The van der Waals surface area contributed by atoms with Crippen LogP contribution in [0.4, 0.5) is 19.0 Å². The van der Waals surface area contributed by atoms with Crippen LogP contribution in [0.5, 0.6) is 0 Å². The van der Waals surface area contributed by atoms with Crippen LogP contribution in [-0.2, 0) is 6.18 Å². The Bertz CT molecular complexity index is 1130. The van der Waals surface area contributed by atoms with Gasteiger partial charge in [0.2, 0.25) is 0 Å². The fraction of sp³-hybridized carbons (Fsp3) is 0.364. The second kappa shape index (κ2) is 7.61. The summed E-state index contributed by atoms with van der Waals surface area (Å²) in [5, 5.41) is 11.6. The summed E-state index contributed by atoms with van der Waals surface area (Å²) in [5.74, 6) is 0.615. The zero-order chi connectivity index (χ0) is 22.5. The molecule has 0 radical (unpaired) electrons. The van der Waals surface area contributed by atoms with Gasteiger partial charge in [-0.05, 0) is 55.5 Å². The van der Waals surface area contributed by atoms with Crippen LogP contribution in [0.25, 0.3) is 5.69 Å². The summed E-state index contributed by atoms with van der Waals surface area (Å²) in [5.41, 5.74) is 1.35. The molecular formula is C22H21F3N6O. The van der Waals surface area contributed by atoms with Crippen LogP contribution >= 0.6 is 0 Å². The molecule has 1 saturated heterocycles. The van der Waals surface area contributed by atoms with Gasteiger partial charge in [0.15, 0.2) is 0 Å². The van der Waals surface area contributed by atoms with Crippen LogP contribution < -0.4 is 5.32 Å². The number of fused-ring (bicyclic) bond motifs is 2. The monoisotopic (exact) mass is 442 g/mol. The molecule has 5 rings (SSSR count). The summed E-state index contributed by atoms with van der Waals surface area (Å²) < 4.78 is 38.4. The maximum Gasteiger partial charge on any atom is 0.417 e. The van der Waals surface area contributed by atoms with E-state index in [2.05, 4.69) is 20.5 Å². The van der Waals surface area contributed by atoms with Crippen molar-refractivity contribution in [2.45, 2.75) is 38.0 Å². The maximum absolute atomic E-state index is 13.5. The number of alkyl halides is 3. The highest BCUT2D eigenvalue weighted by Gasteiger charge is 2.47. The van der Waals surface area contributed by atoms with Gasteiger partial charge in [0.1, 0.15) is 5.82 Å². The highest BCUT2D eigenvalue weighted by molar-refractivity contribution is 5.98. The lowest BCUT2D eigenvalue weighted by Crippen LogP contribution is -2.48. The third kappa shape index (κ3) is 3.69. The second-order valence-electron chi connectivity index (χ2n) is 8.38. The lowest BCUT2D eigenvalue weighted by molar-refractivity contribution is -0.137. The van der Waals surface area contributed by atoms with Gasteiger partial charge in [-0.25, -0.2) is 4.98 Å². The quantitative estimate of drug-likeness (QED) is 0.667. The molecule has 1 amide bonds. The van der Waals surface area contributed by atoms with E-state index >= 15 is 0 Å². The van der Waals surface area contributed by atoms with E-state index in [0.29, 0.717) is 29.5 Å². The minimum Gasteiger partial charge on any atom is -0.365 e. The standard InChI is InChI=1S/C22H21F3N6O/c1-13-2-4-16(18(8-13)31-27-6-7-28-31)21(32)30-12-14-9-17(19(30)10-14)29-20-5-3-15(11-26-20)22(23,24)25/h2-8,11,14,17,19H,9-10,12H2,1H3,(H,26,29)/t14-,17-,19+/m1/s1. The van der Waals surface area contributed by atoms with Gasteiger partial charge in [-0.15, -0.1) is 0 Å². The molecule has 166 valence electrons. The van der Waals surface area contributed by atoms with Gasteiger partial charge in [0.05, 0.1) is 35.2 Å². The molecule has 3 atom stereocenters. The number of carbonyl (C=O) groups excluding carboxylic acids is 1. The average molecular weight is 442 g/mol. The zero-order valence-corrected chi connectivity index (χ0v) is 17.3. The number of anilines is 1. The average Bonchev–Trinajstić information content (AvgIpc) is 3.50. The minimum absolute atomic E-state index is 0.0590. The largest absolute Gasteiger partial charge is 0.417 e. The number of likely N-dealkylation sites (tertiary alicyclic amines) is 1. The summed E-state index contributed by atoms with van der Waals surface area (Å²) in [7, 11) is 0. The van der Waals surface area contributed by atoms with E-state index < -0.39 is 11.7 Å². The minimum atomic E-state index is -4.42. The SMILES string of the molecule is Cc1ccc(C(=O)N2C[C@@H]3C[C@@H](Nc4ccc(C(F)(F)F)cn4)[C@@H]2C3)c(-n2nccn2)c1. The van der Waals surface area contributed by atoms with Gasteiger partial charge >= 0.3 is 6.18 Å². The number of pyridine rings is 1. The number of benzene rings is 1. The predicted molar refractivity (Wildman–Crippen MR) is 110 cm³/mol. The smallest absolute Gasteiger partial charge is 0.365 e. The number of piperidine rings is 1. The van der Waals surface area contributed by atoms with Gasteiger partial charge in [-0.2, -0.15) is 28.2 Å². The topological polar surface area (TPSA) is 75.9 Å². The molecule has 1 saturated carbocycles. The van der Waals surface area contributed by atoms with E-state index in [4.69, 9.17) is 0 Å². The molecule has 2 aromatic heterocycles. The fourth-order valence-electron chi connectivity index (χ4n) is 4.73. The zero-order valence-electron chi connectivity index (χ0n) is 17.3. The van der Waals surface area contributed by atoms with Crippen LogP contribution in [0.3, 0.4) is 0 Å². The summed E-state index contributed by atoms with van der Waals surface area (Å²) in [6.45, 7) is 2.60. The van der Waals surface area contributed by atoms with Crippen molar-refractivity contribution in [3.05, 3.63) is 65.6 Å². The number of hydrogen-bond acceptors (Lipinski definition) is 5. The summed E-state index contributed by atoms with van der Waals surface area (Å²) in [6.07, 6.45) is 1.23. The Morgan fingerprint density at radius 3 is 2.56 bits per heavy atom. The van der Waals surface area contributed by atoms with Crippen LogP contribution in [0.15, 0.2) is 48.9 Å². The molecule has 2 aliphatic rings. The van der Waals surface area contributed by atoms with Crippen molar-refractivity contribution in [3.63, 3.8) is 0 Å². The van der Waals surface area contributed by atoms with E-state index in [1.165, 1.54) is 10.9 Å². The number of nitrogens with zero attached hydrogens (tertiary/aromatic N) is 5. The molecule has 32 heavy (non-hydrogen) atoms. The van der Waals surface area contributed by atoms with E-state index in [1.54, 1.807) is 18.5 Å². The van der Waals surface area contributed by atoms with E-state index in [0.717, 1.165) is 30.7 Å². The van der Waals surface area contributed by atoms with Crippen molar-refractivity contribution in [1.82, 2.24) is 24.9 Å². The number of amides is 1. The maximum atomic E-state index is 13.5. The summed E-state index contributed by atoms with van der Waals surface area (Å²) in [4.78, 5) is 20.7. The third-order valence-corrected chi connectivity index (χ3v) is 6.18. The van der Waals surface area contributed by atoms with Crippen LogP contribution in [-0.4, -0.2) is 49.4 Å². The molecule has 2 fully saturated rings. The first kappa shape index (κ1) is 20.5. The van der Waals surface area contributed by atoms with Crippen LogP contribution in [0.2, 0.25) is 0 Å². The van der Waals surface area contributed by atoms with Gasteiger partial charge in [-0.1, -0.05) is 6.07 Å².